The highest BCUT2D eigenvalue weighted by Gasteiger charge is 2.42. The fraction of sp³-hybridized carbons (Fsp3) is 0.522. The summed E-state index contributed by atoms with van der Waals surface area (Å²) in [6.45, 7) is 6.46. The third-order valence-electron chi connectivity index (χ3n) is 6.19. The number of rotatable bonds is 5. The van der Waals surface area contributed by atoms with E-state index in [0.717, 1.165) is 44.6 Å². The van der Waals surface area contributed by atoms with Crippen LogP contribution in [0.4, 0.5) is 8.78 Å². The Morgan fingerprint density at radius 3 is 2.57 bits per heavy atom. The van der Waals surface area contributed by atoms with Gasteiger partial charge >= 0.3 is 0 Å². The van der Waals surface area contributed by atoms with Crippen molar-refractivity contribution in [3.05, 3.63) is 64.4 Å². The van der Waals surface area contributed by atoms with Crippen LogP contribution in [0, 0.1) is 11.6 Å². The summed E-state index contributed by atoms with van der Waals surface area (Å²) >= 11 is 6.22. The van der Waals surface area contributed by atoms with Crippen LogP contribution >= 0.6 is 11.6 Å². The van der Waals surface area contributed by atoms with Gasteiger partial charge in [-0.2, -0.15) is 0 Å². The number of hydrogen-bond acceptors (Lipinski definition) is 4. The van der Waals surface area contributed by atoms with Gasteiger partial charge in [0.25, 0.3) is 0 Å². The summed E-state index contributed by atoms with van der Waals surface area (Å²) in [5.74, 6) is -0.961. The number of piperidine rings is 1. The smallest absolute Gasteiger partial charge is 0.130 e. The largest absolute Gasteiger partial charge is 0.369 e. The highest BCUT2D eigenvalue weighted by molar-refractivity contribution is 6.31. The fourth-order valence-corrected chi connectivity index (χ4v) is 4.91. The molecule has 1 atom stereocenters. The normalized spacial score (nSPS) is 22.5. The number of benzene rings is 1. The summed E-state index contributed by atoms with van der Waals surface area (Å²) in [6.07, 6.45) is 4.44. The summed E-state index contributed by atoms with van der Waals surface area (Å²) in [6, 6.07) is 7.77. The van der Waals surface area contributed by atoms with Crippen LogP contribution in [0.5, 0.6) is 0 Å². The maximum absolute atomic E-state index is 14.1. The van der Waals surface area contributed by atoms with Gasteiger partial charge < -0.3 is 9.64 Å². The molecular formula is C23H28ClF2N3O. The molecule has 2 fully saturated rings. The summed E-state index contributed by atoms with van der Waals surface area (Å²) < 4.78 is 34.6. The van der Waals surface area contributed by atoms with Crippen molar-refractivity contribution in [1.82, 2.24) is 14.8 Å². The van der Waals surface area contributed by atoms with Crippen molar-refractivity contribution < 1.29 is 13.5 Å². The van der Waals surface area contributed by atoms with E-state index in [1.54, 1.807) is 6.20 Å². The standard InChI is InChI=1S/C23H28ClF2N3O/c1-17-14-29(15-18-20(25)5-2-6-21(18)26)16-23(30-17)8-12-28(13-9-23)11-7-22-19(24)4-3-10-27-22/h2-6,10,17H,7-9,11-16H2,1H3. The number of nitrogens with zero attached hydrogens (tertiary/aromatic N) is 3. The molecule has 2 aromatic rings. The monoisotopic (exact) mass is 435 g/mol. The molecule has 0 aliphatic carbocycles. The highest BCUT2D eigenvalue weighted by atomic mass is 35.5. The molecule has 0 radical (unpaired) electrons. The molecule has 3 heterocycles. The summed E-state index contributed by atoms with van der Waals surface area (Å²) in [7, 11) is 0. The molecule has 0 amide bonds. The number of likely N-dealkylation sites (tertiary alicyclic amines) is 1. The van der Waals surface area contributed by atoms with Gasteiger partial charge in [0.2, 0.25) is 0 Å². The Labute approximate surface area is 181 Å². The number of ether oxygens (including phenoxy) is 1. The Kier molecular flexibility index (Phi) is 6.68. The third kappa shape index (κ3) is 4.99. The van der Waals surface area contributed by atoms with E-state index < -0.39 is 11.6 Å². The molecule has 0 saturated carbocycles. The van der Waals surface area contributed by atoms with Gasteiger partial charge in [-0.25, -0.2) is 8.78 Å². The topological polar surface area (TPSA) is 28.6 Å². The van der Waals surface area contributed by atoms with E-state index in [4.69, 9.17) is 16.3 Å². The number of hydrogen-bond donors (Lipinski definition) is 0. The quantitative estimate of drug-likeness (QED) is 0.699. The van der Waals surface area contributed by atoms with Crippen molar-refractivity contribution in [3.8, 4) is 0 Å². The van der Waals surface area contributed by atoms with E-state index >= 15 is 0 Å². The highest BCUT2D eigenvalue weighted by Crippen LogP contribution is 2.33. The first kappa shape index (κ1) is 21.6. The minimum Gasteiger partial charge on any atom is -0.369 e. The second kappa shape index (κ2) is 9.27. The van der Waals surface area contributed by atoms with Gasteiger partial charge in [0.1, 0.15) is 11.6 Å². The van der Waals surface area contributed by atoms with Gasteiger partial charge in [-0.05, 0) is 44.0 Å². The van der Waals surface area contributed by atoms with Gasteiger partial charge in [0.05, 0.1) is 22.4 Å². The molecule has 30 heavy (non-hydrogen) atoms. The van der Waals surface area contributed by atoms with Crippen LogP contribution < -0.4 is 0 Å². The van der Waals surface area contributed by atoms with Gasteiger partial charge in [-0.1, -0.05) is 17.7 Å². The molecule has 2 aliphatic rings. The Morgan fingerprint density at radius 1 is 1.13 bits per heavy atom. The van der Waals surface area contributed by atoms with Crippen LogP contribution in [0.3, 0.4) is 0 Å². The lowest BCUT2D eigenvalue weighted by atomic mass is 9.88. The molecule has 1 aromatic carbocycles. The maximum atomic E-state index is 14.1. The number of pyridine rings is 1. The molecule has 2 aliphatic heterocycles. The van der Waals surface area contributed by atoms with Gasteiger partial charge in [0, 0.05) is 57.4 Å². The van der Waals surface area contributed by atoms with E-state index in [0.29, 0.717) is 18.1 Å². The van der Waals surface area contributed by atoms with E-state index in [2.05, 4.69) is 14.8 Å². The van der Waals surface area contributed by atoms with E-state index in [1.807, 2.05) is 19.1 Å². The van der Waals surface area contributed by atoms with Gasteiger partial charge in [-0.3, -0.25) is 9.88 Å². The molecule has 1 unspecified atom stereocenters. The second-order valence-electron chi connectivity index (χ2n) is 8.50. The SMILES string of the molecule is CC1CN(Cc2c(F)cccc2F)CC2(CCN(CCc3ncccc3Cl)CC2)O1. The Balaban J connectivity index is 1.35. The Hall–Kier alpha value is -1.60. The summed E-state index contributed by atoms with van der Waals surface area (Å²) in [5.41, 5.74) is 0.824. The average molecular weight is 436 g/mol. The Morgan fingerprint density at radius 2 is 1.87 bits per heavy atom. The lowest BCUT2D eigenvalue weighted by molar-refractivity contribution is -0.171. The summed E-state index contributed by atoms with van der Waals surface area (Å²) in [4.78, 5) is 8.92. The van der Waals surface area contributed by atoms with Crippen LogP contribution in [0.2, 0.25) is 5.02 Å². The lowest BCUT2D eigenvalue weighted by Gasteiger charge is -2.49. The van der Waals surface area contributed by atoms with Crippen LogP contribution in [0.1, 0.15) is 31.0 Å². The van der Waals surface area contributed by atoms with Crippen molar-refractivity contribution in [2.75, 3.05) is 32.7 Å². The fourth-order valence-electron chi connectivity index (χ4n) is 4.69. The van der Waals surface area contributed by atoms with Gasteiger partial charge in [0.15, 0.2) is 0 Å². The van der Waals surface area contributed by atoms with Crippen LogP contribution in [-0.2, 0) is 17.7 Å². The molecule has 7 heteroatoms. The molecule has 4 nitrogen and oxygen atoms in total. The average Bonchev–Trinajstić information content (AvgIpc) is 2.71. The van der Waals surface area contributed by atoms with Crippen molar-refractivity contribution in [2.45, 2.75) is 44.4 Å². The third-order valence-corrected chi connectivity index (χ3v) is 6.53. The van der Waals surface area contributed by atoms with Crippen molar-refractivity contribution in [3.63, 3.8) is 0 Å². The first-order chi connectivity index (χ1) is 14.4. The van der Waals surface area contributed by atoms with Crippen LogP contribution in [-0.4, -0.2) is 59.2 Å². The second-order valence-corrected chi connectivity index (χ2v) is 8.91. The lowest BCUT2D eigenvalue weighted by Crippen LogP contribution is -2.59. The van der Waals surface area contributed by atoms with Crippen LogP contribution in [0.15, 0.2) is 36.5 Å². The zero-order valence-electron chi connectivity index (χ0n) is 17.3. The van der Waals surface area contributed by atoms with Crippen molar-refractivity contribution >= 4 is 11.6 Å². The summed E-state index contributed by atoms with van der Waals surface area (Å²) in [5, 5.41) is 0.714. The molecule has 4 rings (SSSR count). The molecule has 0 bridgehead atoms. The van der Waals surface area contributed by atoms with Crippen molar-refractivity contribution in [1.29, 1.82) is 0 Å². The predicted molar refractivity (Wildman–Crippen MR) is 114 cm³/mol. The maximum Gasteiger partial charge on any atom is 0.130 e. The molecule has 1 spiro atoms. The van der Waals surface area contributed by atoms with E-state index in [9.17, 15) is 8.78 Å². The molecule has 1 aromatic heterocycles. The minimum atomic E-state index is -0.480. The van der Waals surface area contributed by atoms with Crippen LogP contribution in [0.25, 0.3) is 0 Å². The first-order valence-corrected chi connectivity index (χ1v) is 11.0. The van der Waals surface area contributed by atoms with Gasteiger partial charge in [-0.15, -0.1) is 0 Å². The van der Waals surface area contributed by atoms with E-state index in [1.165, 1.54) is 18.2 Å². The zero-order chi connectivity index (χ0) is 21.1. The molecular weight excluding hydrogens is 408 g/mol. The molecule has 2 saturated heterocycles. The zero-order valence-corrected chi connectivity index (χ0v) is 18.0. The minimum absolute atomic E-state index is 0.0347. The first-order valence-electron chi connectivity index (χ1n) is 10.6. The molecule has 0 N–H and O–H groups in total. The van der Waals surface area contributed by atoms with Crippen molar-refractivity contribution in [2.24, 2.45) is 0 Å². The number of morpholine rings is 1. The predicted octanol–water partition coefficient (Wildman–Crippen LogP) is 4.31. The van der Waals surface area contributed by atoms with E-state index in [-0.39, 0.29) is 23.8 Å². The number of aromatic nitrogens is 1. The Bertz CT molecular complexity index is 853. The molecule has 162 valence electrons. The number of halogens is 3.